The van der Waals surface area contributed by atoms with E-state index in [0.29, 0.717) is 21.3 Å². The number of carbonyl (C=O) groups excluding carboxylic acids is 3. The van der Waals surface area contributed by atoms with Gasteiger partial charge >= 0.3 is 12.0 Å². The summed E-state index contributed by atoms with van der Waals surface area (Å²) in [5, 5.41) is 11.0. The third-order valence-corrected chi connectivity index (χ3v) is 4.95. The number of carboxylic acids is 1. The third-order valence-electron chi connectivity index (χ3n) is 4.36. The van der Waals surface area contributed by atoms with Crippen LogP contribution < -0.4 is 19.7 Å². The molecule has 4 amide bonds. The van der Waals surface area contributed by atoms with Crippen molar-refractivity contribution in [3.8, 4) is 11.5 Å². The van der Waals surface area contributed by atoms with E-state index in [1.165, 1.54) is 25.3 Å². The van der Waals surface area contributed by atoms with Crippen molar-refractivity contribution >= 4 is 51.5 Å². The van der Waals surface area contributed by atoms with Crippen LogP contribution in [0.1, 0.15) is 11.1 Å². The maximum absolute atomic E-state index is 13.0. The fourth-order valence-electron chi connectivity index (χ4n) is 2.95. The van der Waals surface area contributed by atoms with Gasteiger partial charge in [0.1, 0.15) is 5.57 Å². The van der Waals surface area contributed by atoms with E-state index >= 15 is 0 Å². The highest BCUT2D eigenvalue weighted by atomic mass is 79.9. The number of benzene rings is 2. The fraction of sp³-hybridized carbons (Fsp3) is 0.143. The normalized spacial score (nSPS) is 15.1. The topological polar surface area (TPSA) is 122 Å². The van der Waals surface area contributed by atoms with Crippen LogP contribution >= 0.6 is 15.9 Å². The van der Waals surface area contributed by atoms with Gasteiger partial charge in [0, 0.05) is 0 Å². The number of nitrogens with zero attached hydrogens (tertiary/aromatic N) is 1. The minimum Gasteiger partial charge on any atom is -0.493 e. The highest BCUT2D eigenvalue weighted by Gasteiger charge is 2.37. The number of para-hydroxylation sites is 1. The number of carbonyl (C=O) groups is 4. The second-order valence-corrected chi connectivity index (χ2v) is 7.32. The number of halogens is 1. The van der Waals surface area contributed by atoms with Gasteiger partial charge in [-0.3, -0.25) is 14.9 Å². The Morgan fingerprint density at radius 3 is 2.58 bits per heavy atom. The van der Waals surface area contributed by atoms with Crippen molar-refractivity contribution in [2.24, 2.45) is 0 Å². The molecule has 0 bridgehead atoms. The van der Waals surface area contributed by atoms with Gasteiger partial charge in [-0.15, -0.1) is 0 Å². The van der Waals surface area contributed by atoms with Crippen LogP contribution in [0.4, 0.5) is 10.5 Å². The Hall–Kier alpha value is -3.66. The van der Waals surface area contributed by atoms with E-state index in [1.54, 1.807) is 31.2 Å². The molecule has 1 aliphatic rings. The molecule has 2 aromatic carbocycles. The van der Waals surface area contributed by atoms with Gasteiger partial charge in [0.2, 0.25) is 0 Å². The predicted molar refractivity (Wildman–Crippen MR) is 114 cm³/mol. The van der Waals surface area contributed by atoms with Crippen molar-refractivity contribution in [1.29, 1.82) is 0 Å². The molecule has 2 aromatic rings. The van der Waals surface area contributed by atoms with E-state index < -0.39 is 30.4 Å². The average Bonchev–Trinajstić information content (AvgIpc) is 2.71. The first kappa shape index (κ1) is 22.0. The van der Waals surface area contributed by atoms with Crippen molar-refractivity contribution in [3.05, 3.63) is 57.6 Å². The summed E-state index contributed by atoms with van der Waals surface area (Å²) in [5.74, 6) is -2.42. The van der Waals surface area contributed by atoms with Crippen LogP contribution in [0.5, 0.6) is 11.5 Å². The van der Waals surface area contributed by atoms with Crippen LogP contribution in [0.3, 0.4) is 0 Å². The number of nitrogens with one attached hydrogen (secondary N) is 1. The number of hydrogen-bond acceptors (Lipinski definition) is 6. The molecule has 0 saturated carbocycles. The van der Waals surface area contributed by atoms with Crippen molar-refractivity contribution in [1.82, 2.24) is 5.32 Å². The van der Waals surface area contributed by atoms with Crippen molar-refractivity contribution in [2.75, 3.05) is 18.6 Å². The van der Waals surface area contributed by atoms with E-state index in [-0.39, 0.29) is 17.1 Å². The Morgan fingerprint density at radius 2 is 1.94 bits per heavy atom. The molecule has 0 aliphatic carbocycles. The molecule has 0 atom stereocenters. The first-order valence-electron chi connectivity index (χ1n) is 8.92. The van der Waals surface area contributed by atoms with Crippen molar-refractivity contribution in [3.63, 3.8) is 0 Å². The molecule has 2 N–H and O–H groups in total. The lowest BCUT2D eigenvalue weighted by molar-refractivity contribution is -0.139. The van der Waals surface area contributed by atoms with Crippen LogP contribution in [0.2, 0.25) is 0 Å². The first-order valence-corrected chi connectivity index (χ1v) is 9.71. The number of amides is 4. The molecule has 10 heteroatoms. The zero-order valence-electron chi connectivity index (χ0n) is 16.5. The van der Waals surface area contributed by atoms with Crippen LogP contribution in [0.25, 0.3) is 6.08 Å². The van der Waals surface area contributed by atoms with Gasteiger partial charge in [-0.1, -0.05) is 18.2 Å². The highest BCUT2D eigenvalue weighted by molar-refractivity contribution is 9.10. The number of aryl methyl sites for hydroxylation is 1. The minimum atomic E-state index is -1.16. The Balaban J connectivity index is 2.01. The Morgan fingerprint density at radius 1 is 1.23 bits per heavy atom. The molecule has 1 fully saturated rings. The lowest BCUT2D eigenvalue weighted by Crippen LogP contribution is -2.54. The van der Waals surface area contributed by atoms with E-state index in [1.807, 2.05) is 0 Å². The number of aliphatic carboxylic acids is 1. The van der Waals surface area contributed by atoms with Crippen LogP contribution in [-0.2, 0) is 14.4 Å². The van der Waals surface area contributed by atoms with Gasteiger partial charge < -0.3 is 14.6 Å². The Kier molecular flexibility index (Phi) is 6.40. The standard InChI is InChI=1S/C21H17BrN2O7/c1-11-5-3-4-6-15(11)24-20(28)13(19(27)23-21(24)29)7-12-8-14(22)18(16(9-12)30-2)31-10-17(25)26/h3-9H,10H2,1-2H3,(H,25,26)(H,23,27,29)/b13-7+. The number of ether oxygens (including phenoxy) is 2. The van der Waals surface area contributed by atoms with Crippen molar-refractivity contribution in [2.45, 2.75) is 6.92 Å². The molecule has 0 radical (unpaired) electrons. The fourth-order valence-corrected chi connectivity index (χ4v) is 3.53. The Labute approximate surface area is 185 Å². The summed E-state index contributed by atoms with van der Waals surface area (Å²) in [5.41, 5.74) is 1.18. The molecule has 160 valence electrons. The summed E-state index contributed by atoms with van der Waals surface area (Å²) in [6.45, 7) is 1.16. The number of barbiturate groups is 1. The molecule has 0 unspecified atom stereocenters. The quantitative estimate of drug-likeness (QED) is 0.473. The maximum atomic E-state index is 13.0. The zero-order valence-corrected chi connectivity index (χ0v) is 18.1. The lowest BCUT2D eigenvalue weighted by atomic mass is 10.1. The second kappa shape index (κ2) is 9.00. The Bertz CT molecular complexity index is 1130. The van der Waals surface area contributed by atoms with Gasteiger partial charge in [0.25, 0.3) is 11.8 Å². The minimum absolute atomic E-state index is 0.156. The molecule has 3 rings (SSSR count). The summed E-state index contributed by atoms with van der Waals surface area (Å²) in [7, 11) is 1.36. The molecule has 9 nitrogen and oxygen atoms in total. The second-order valence-electron chi connectivity index (χ2n) is 6.46. The van der Waals surface area contributed by atoms with Gasteiger partial charge in [-0.05, 0) is 58.3 Å². The average molecular weight is 489 g/mol. The largest absolute Gasteiger partial charge is 0.493 e. The smallest absolute Gasteiger partial charge is 0.341 e. The molecule has 31 heavy (non-hydrogen) atoms. The molecule has 1 heterocycles. The molecular weight excluding hydrogens is 472 g/mol. The number of anilines is 1. The van der Waals surface area contributed by atoms with Crippen molar-refractivity contribution < 1.29 is 33.8 Å². The number of rotatable bonds is 6. The number of methoxy groups -OCH3 is 1. The van der Waals surface area contributed by atoms with Crippen LogP contribution in [0.15, 0.2) is 46.4 Å². The van der Waals surface area contributed by atoms with Crippen LogP contribution in [-0.4, -0.2) is 42.6 Å². The molecule has 0 spiro atoms. The third kappa shape index (κ3) is 4.58. The number of imide groups is 2. The van der Waals surface area contributed by atoms with E-state index in [2.05, 4.69) is 21.2 Å². The maximum Gasteiger partial charge on any atom is 0.341 e. The summed E-state index contributed by atoms with van der Waals surface area (Å²) in [6, 6.07) is 8.97. The number of urea groups is 1. The number of carboxylic acid groups (broad SMARTS) is 1. The molecular formula is C21H17BrN2O7. The van der Waals surface area contributed by atoms with Gasteiger partial charge in [0.05, 0.1) is 17.3 Å². The number of hydrogen-bond donors (Lipinski definition) is 2. The van der Waals surface area contributed by atoms with E-state index in [0.717, 1.165) is 4.90 Å². The first-order chi connectivity index (χ1) is 14.7. The molecule has 0 aromatic heterocycles. The highest BCUT2D eigenvalue weighted by Crippen LogP contribution is 2.37. The molecule has 1 saturated heterocycles. The SMILES string of the molecule is COc1cc(/C=C2\C(=O)NC(=O)N(c3ccccc3C)C2=O)cc(Br)c1OCC(=O)O. The van der Waals surface area contributed by atoms with E-state index in [9.17, 15) is 19.2 Å². The lowest BCUT2D eigenvalue weighted by Gasteiger charge is -2.27. The predicted octanol–water partition coefficient (Wildman–Crippen LogP) is 2.90. The monoisotopic (exact) mass is 488 g/mol. The van der Waals surface area contributed by atoms with E-state index in [4.69, 9.17) is 14.6 Å². The summed E-state index contributed by atoms with van der Waals surface area (Å²) < 4.78 is 10.8. The summed E-state index contributed by atoms with van der Waals surface area (Å²) >= 11 is 3.27. The zero-order chi connectivity index (χ0) is 22.7. The van der Waals surface area contributed by atoms with Gasteiger partial charge in [0.15, 0.2) is 18.1 Å². The molecule has 1 aliphatic heterocycles. The van der Waals surface area contributed by atoms with Crippen LogP contribution in [0, 0.1) is 6.92 Å². The summed E-state index contributed by atoms with van der Waals surface area (Å²) in [4.78, 5) is 49.4. The van der Waals surface area contributed by atoms with Gasteiger partial charge in [-0.2, -0.15) is 0 Å². The summed E-state index contributed by atoms with van der Waals surface area (Å²) in [6.07, 6.45) is 1.31. The van der Waals surface area contributed by atoms with Gasteiger partial charge in [-0.25, -0.2) is 14.5 Å².